The van der Waals surface area contributed by atoms with E-state index in [0.29, 0.717) is 36.4 Å². The van der Waals surface area contributed by atoms with E-state index in [1.54, 1.807) is 6.33 Å². The average Bonchev–Trinajstić information content (AvgIpc) is 3.37. The number of imidazole rings is 1. The second-order valence-electron chi connectivity index (χ2n) is 10.3. The van der Waals surface area contributed by atoms with Crippen molar-refractivity contribution in [3.8, 4) is 6.07 Å². The molecule has 1 saturated heterocycles. The number of carbonyl (C=O) groups is 1. The number of aromatic nitrogens is 2. The highest BCUT2D eigenvalue weighted by Crippen LogP contribution is 2.35. The first-order valence-electron chi connectivity index (χ1n) is 12.6. The van der Waals surface area contributed by atoms with Crippen LogP contribution < -0.4 is 0 Å². The molecule has 1 aliphatic heterocycles. The van der Waals surface area contributed by atoms with E-state index in [9.17, 15) is 4.79 Å². The summed E-state index contributed by atoms with van der Waals surface area (Å²) in [6.45, 7) is 9.62. The first-order chi connectivity index (χ1) is 16.4. The summed E-state index contributed by atoms with van der Waals surface area (Å²) in [5.74, 6) is 1.60. The number of rotatable bonds is 6. The Bertz CT molecular complexity index is 958. The molecule has 0 spiro atoms. The van der Waals surface area contributed by atoms with Gasteiger partial charge in [0.1, 0.15) is 6.10 Å². The van der Waals surface area contributed by atoms with Gasteiger partial charge in [-0.1, -0.05) is 39.3 Å². The number of nitriles is 1. The smallest absolute Gasteiger partial charge is 0.410 e. The van der Waals surface area contributed by atoms with Gasteiger partial charge in [-0.2, -0.15) is 5.26 Å². The van der Waals surface area contributed by atoms with Gasteiger partial charge in [-0.15, -0.1) is 0 Å². The normalized spacial score (nSPS) is 24.6. The van der Waals surface area contributed by atoms with E-state index in [0.717, 1.165) is 38.0 Å². The fraction of sp³-hybridized carbons (Fsp3) is 0.593. The molecule has 1 saturated carbocycles. The molecule has 4 atom stereocenters. The second kappa shape index (κ2) is 11.1. The Morgan fingerprint density at radius 2 is 1.94 bits per heavy atom. The summed E-state index contributed by atoms with van der Waals surface area (Å²) < 4.78 is 6.09. The third kappa shape index (κ3) is 5.79. The van der Waals surface area contributed by atoms with E-state index < -0.39 is 0 Å². The molecule has 2 aromatic rings. The molecule has 1 amide bonds. The van der Waals surface area contributed by atoms with Crippen molar-refractivity contribution in [2.75, 3.05) is 26.2 Å². The topological polar surface area (TPSA) is 85.2 Å². The van der Waals surface area contributed by atoms with Crippen molar-refractivity contribution in [3.63, 3.8) is 0 Å². The molecule has 7 heteroatoms. The molecule has 2 heterocycles. The highest BCUT2D eigenvalue weighted by atomic mass is 16.6. The Morgan fingerprint density at radius 1 is 1.21 bits per heavy atom. The number of nitrogens with zero attached hydrogens (tertiary/aromatic N) is 4. The molecule has 0 bridgehead atoms. The molecule has 1 unspecified atom stereocenters. The van der Waals surface area contributed by atoms with Crippen LogP contribution in [0.4, 0.5) is 4.79 Å². The van der Waals surface area contributed by atoms with Gasteiger partial charge < -0.3 is 14.6 Å². The van der Waals surface area contributed by atoms with E-state index in [1.807, 2.05) is 35.4 Å². The van der Waals surface area contributed by atoms with Crippen LogP contribution in [-0.4, -0.2) is 58.1 Å². The summed E-state index contributed by atoms with van der Waals surface area (Å²) in [6, 6.07) is 10.1. The van der Waals surface area contributed by atoms with Crippen molar-refractivity contribution in [3.05, 3.63) is 53.6 Å². The summed E-state index contributed by atoms with van der Waals surface area (Å²) in [4.78, 5) is 24.8. The number of carbonyl (C=O) groups excluding carboxylic acids is 1. The summed E-state index contributed by atoms with van der Waals surface area (Å²) in [7, 11) is 0. The minimum atomic E-state index is -0.158. The quantitative estimate of drug-likeness (QED) is 0.666. The maximum Gasteiger partial charge on any atom is 0.410 e. The number of H-pyrrole nitrogens is 1. The van der Waals surface area contributed by atoms with Gasteiger partial charge >= 0.3 is 6.09 Å². The van der Waals surface area contributed by atoms with Gasteiger partial charge in [-0.05, 0) is 54.7 Å². The molecule has 1 aliphatic carbocycles. The number of hydrogen-bond acceptors (Lipinski definition) is 5. The molecule has 2 aliphatic rings. The van der Waals surface area contributed by atoms with Gasteiger partial charge in [0.2, 0.25) is 0 Å². The van der Waals surface area contributed by atoms with Crippen LogP contribution in [-0.2, 0) is 11.2 Å². The van der Waals surface area contributed by atoms with E-state index in [1.165, 1.54) is 12.0 Å². The van der Waals surface area contributed by atoms with Crippen LogP contribution in [0.25, 0.3) is 0 Å². The molecule has 182 valence electrons. The summed E-state index contributed by atoms with van der Waals surface area (Å²) in [6.07, 6.45) is 7.62. The third-order valence-corrected chi connectivity index (χ3v) is 7.62. The van der Waals surface area contributed by atoms with Crippen LogP contribution in [0.15, 0.2) is 36.8 Å². The second-order valence-corrected chi connectivity index (χ2v) is 10.3. The molecular formula is C27H37N5O2. The van der Waals surface area contributed by atoms with Crippen LogP contribution in [0, 0.1) is 29.1 Å². The van der Waals surface area contributed by atoms with Crippen molar-refractivity contribution in [2.24, 2.45) is 17.8 Å². The number of aromatic amines is 1. The van der Waals surface area contributed by atoms with E-state index in [2.05, 4.69) is 41.7 Å². The Morgan fingerprint density at radius 3 is 2.56 bits per heavy atom. The molecule has 4 rings (SSSR count). The third-order valence-electron chi connectivity index (χ3n) is 7.62. The van der Waals surface area contributed by atoms with Crippen LogP contribution >= 0.6 is 0 Å². The zero-order chi connectivity index (χ0) is 24.1. The molecule has 0 radical (unpaired) electrons. The van der Waals surface area contributed by atoms with Crippen molar-refractivity contribution in [1.29, 1.82) is 5.26 Å². The molecule has 7 nitrogen and oxygen atoms in total. The lowest BCUT2D eigenvalue weighted by atomic mass is 9.75. The molecule has 1 aromatic carbocycles. The minimum Gasteiger partial charge on any atom is -0.446 e. The Labute approximate surface area is 203 Å². The standard InChI is InChI=1S/C27H37N5O2/c1-19(2)23-9-4-20(3)14-26(23)34-27(33)32-12-10-31(11-13-32)25(24-17-29-18-30-24)15-21-5-7-22(16-28)8-6-21/h5-8,17-20,23,25-26H,4,9-15H2,1-3H3,(H,29,30)/t20-,23+,25-,26?/m1/s1. The number of amides is 1. The van der Waals surface area contributed by atoms with Crippen LogP contribution in [0.2, 0.25) is 0 Å². The maximum atomic E-state index is 13.0. The molecule has 2 fully saturated rings. The first kappa shape index (κ1) is 24.3. The Hall–Kier alpha value is -2.85. The summed E-state index contributed by atoms with van der Waals surface area (Å²) in [5, 5.41) is 9.08. The largest absolute Gasteiger partial charge is 0.446 e. The fourth-order valence-electron chi connectivity index (χ4n) is 5.49. The number of benzene rings is 1. The number of piperazine rings is 1. The van der Waals surface area contributed by atoms with Gasteiger partial charge in [0.15, 0.2) is 0 Å². The van der Waals surface area contributed by atoms with E-state index >= 15 is 0 Å². The van der Waals surface area contributed by atoms with Gasteiger partial charge in [-0.25, -0.2) is 9.78 Å². The molecular weight excluding hydrogens is 426 g/mol. The summed E-state index contributed by atoms with van der Waals surface area (Å²) in [5.41, 5.74) is 2.91. The number of nitrogens with one attached hydrogen (secondary N) is 1. The monoisotopic (exact) mass is 463 g/mol. The predicted molar refractivity (Wildman–Crippen MR) is 131 cm³/mol. The number of hydrogen-bond donors (Lipinski definition) is 1. The Kier molecular flexibility index (Phi) is 7.89. The van der Waals surface area contributed by atoms with Crippen LogP contribution in [0.1, 0.15) is 62.9 Å². The lowest BCUT2D eigenvalue weighted by Gasteiger charge is -2.41. The minimum absolute atomic E-state index is 0.0309. The Balaban J connectivity index is 1.37. The zero-order valence-corrected chi connectivity index (χ0v) is 20.6. The summed E-state index contributed by atoms with van der Waals surface area (Å²) >= 11 is 0. The SMILES string of the molecule is CC(C)[C@@H]1CC[C@@H](C)CC1OC(=O)N1CCN([C@H](Cc2ccc(C#N)cc2)c2cnc[nH]2)CC1. The zero-order valence-electron chi connectivity index (χ0n) is 20.6. The highest BCUT2D eigenvalue weighted by molar-refractivity contribution is 5.68. The van der Waals surface area contributed by atoms with Crippen molar-refractivity contribution in [1.82, 2.24) is 19.8 Å². The molecule has 1 aromatic heterocycles. The highest BCUT2D eigenvalue weighted by Gasteiger charge is 2.35. The van der Waals surface area contributed by atoms with Crippen molar-refractivity contribution >= 4 is 6.09 Å². The first-order valence-corrected chi connectivity index (χ1v) is 12.6. The van der Waals surface area contributed by atoms with E-state index in [4.69, 9.17) is 10.00 Å². The van der Waals surface area contributed by atoms with Gasteiger partial charge in [0, 0.05) is 32.4 Å². The van der Waals surface area contributed by atoms with Crippen LogP contribution in [0.3, 0.4) is 0 Å². The average molecular weight is 464 g/mol. The van der Waals surface area contributed by atoms with Crippen LogP contribution in [0.5, 0.6) is 0 Å². The molecule has 34 heavy (non-hydrogen) atoms. The maximum absolute atomic E-state index is 13.0. The lowest BCUT2D eigenvalue weighted by Crippen LogP contribution is -2.51. The lowest BCUT2D eigenvalue weighted by molar-refractivity contribution is -0.0178. The fourth-order valence-corrected chi connectivity index (χ4v) is 5.49. The van der Waals surface area contributed by atoms with Gasteiger partial charge in [0.25, 0.3) is 0 Å². The number of ether oxygens (including phenoxy) is 1. The van der Waals surface area contributed by atoms with Crippen molar-refractivity contribution < 1.29 is 9.53 Å². The molecule has 1 N–H and O–H groups in total. The van der Waals surface area contributed by atoms with E-state index in [-0.39, 0.29) is 18.2 Å². The van der Waals surface area contributed by atoms with Gasteiger partial charge in [0.05, 0.1) is 29.7 Å². The van der Waals surface area contributed by atoms with Gasteiger partial charge in [-0.3, -0.25) is 4.90 Å². The van der Waals surface area contributed by atoms with Crippen molar-refractivity contribution in [2.45, 2.75) is 58.6 Å². The predicted octanol–water partition coefficient (Wildman–Crippen LogP) is 4.78.